The molecule has 1 N–H and O–H groups in total. The Morgan fingerprint density at radius 2 is 1.95 bits per heavy atom. The summed E-state index contributed by atoms with van der Waals surface area (Å²) < 4.78 is 0. The van der Waals surface area contributed by atoms with Crippen molar-refractivity contribution in [3.05, 3.63) is 11.6 Å². The van der Waals surface area contributed by atoms with Gasteiger partial charge in [0.25, 0.3) is 0 Å². The van der Waals surface area contributed by atoms with Crippen molar-refractivity contribution in [2.75, 3.05) is 0 Å². The molecule has 0 amide bonds. The van der Waals surface area contributed by atoms with Crippen molar-refractivity contribution in [3.8, 4) is 0 Å². The van der Waals surface area contributed by atoms with Crippen LogP contribution < -0.4 is 0 Å². The van der Waals surface area contributed by atoms with E-state index in [1.807, 2.05) is 6.08 Å². The van der Waals surface area contributed by atoms with Crippen LogP contribution in [0.3, 0.4) is 0 Å². The first-order valence-electron chi connectivity index (χ1n) is 9.33. The summed E-state index contributed by atoms with van der Waals surface area (Å²) in [5.41, 5.74) is 1.59. The predicted molar refractivity (Wildman–Crippen MR) is 85.1 cm³/mol. The highest BCUT2D eigenvalue weighted by molar-refractivity contribution is 5.91. The van der Waals surface area contributed by atoms with Crippen molar-refractivity contribution < 1.29 is 9.90 Å². The Labute approximate surface area is 133 Å². The molecule has 5 rings (SSSR count). The standard InChI is InChI=1S/C20H28O2/c1-18-7-5-13-11-20(13,18)17-16(6-8-18)15-4-3-14(21)9-12(15)10-19(17,2)22/h9,13,15-17,22H,3-8,10-11H2,1-2H3/t13-,15+,16-,17+,18+,19+,20+/m1/s1. The number of aliphatic hydroxyl groups is 1. The third kappa shape index (κ3) is 1.44. The summed E-state index contributed by atoms with van der Waals surface area (Å²) in [5, 5.41) is 11.4. The highest BCUT2D eigenvalue weighted by atomic mass is 16.3. The van der Waals surface area contributed by atoms with Crippen LogP contribution in [0.25, 0.3) is 0 Å². The molecule has 0 aromatic carbocycles. The Morgan fingerprint density at radius 3 is 2.73 bits per heavy atom. The molecule has 7 atom stereocenters. The van der Waals surface area contributed by atoms with E-state index in [0.717, 1.165) is 25.2 Å². The van der Waals surface area contributed by atoms with Crippen LogP contribution in [-0.4, -0.2) is 16.5 Å². The molecule has 0 radical (unpaired) electrons. The minimum atomic E-state index is -0.606. The lowest BCUT2D eigenvalue weighted by Gasteiger charge is -2.59. The summed E-state index contributed by atoms with van der Waals surface area (Å²) in [4.78, 5) is 11.8. The van der Waals surface area contributed by atoms with E-state index in [-0.39, 0.29) is 5.78 Å². The van der Waals surface area contributed by atoms with E-state index in [4.69, 9.17) is 0 Å². The predicted octanol–water partition coefficient (Wildman–Crippen LogP) is 3.88. The molecule has 0 heterocycles. The average Bonchev–Trinajstić information content (AvgIpc) is 3.08. The van der Waals surface area contributed by atoms with Crippen molar-refractivity contribution in [3.63, 3.8) is 0 Å². The Bertz CT molecular complexity index is 589. The first-order chi connectivity index (χ1) is 10.4. The molecular formula is C20H28O2. The van der Waals surface area contributed by atoms with E-state index >= 15 is 0 Å². The molecule has 0 aromatic rings. The molecule has 5 aliphatic carbocycles. The lowest BCUT2D eigenvalue weighted by Crippen LogP contribution is -2.58. The molecule has 5 aliphatic rings. The summed E-state index contributed by atoms with van der Waals surface area (Å²) in [5.74, 6) is 2.85. The largest absolute Gasteiger partial charge is 0.390 e. The third-order valence-electron chi connectivity index (χ3n) is 8.61. The van der Waals surface area contributed by atoms with Crippen molar-refractivity contribution in [1.82, 2.24) is 0 Å². The van der Waals surface area contributed by atoms with Gasteiger partial charge in [-0.2, -0.15) is 0 Å². The van der Waals surface area contributed by atoms with E-state index in [0.29, 0.717) is 28.6 Å². The third-order valence-corrected chi connectivity index (χ3v) is 8.61. The Balaban J connectivity index is 1.61. The van der Waals surface area contributed by atoms with Gasteiger partial charge in [0.05, 0.1) is 5.60 Å². The van der Waals surface area contributed by atoms with Crippen LogP contribution in [0.15, 0.2) is 11.6 Å². The fraction of sp³-hybridized carbons (Fsp3) is 0.850. The average molecular weight is 300 g/mol. The van der Waals surface area contributed by atoms with Gasteiger partial charge in [-0.15, -0.1) is 0 Å². The maximum absolute atomic E-state index is 11.8. The van der Waals surface area contributed by atoms with E-state index in [2.05, 4.69) is 13.8 Å². The zero-order valence-electron chi connectivity index (χ0n) is 13.9. The Kier molecular flexibility index (Phi) is 2.43. The molecule has 0 saturated heterocycles. The monoisotopic (exact) mass is 300 g/mol. The quantitative estimate of drug-likeness (QED) is 0.737. The topological polar surface area (TPSA) is 37.3 Å². The minimum Gasteiger partial charge on any atom is -0.390 e. The maximum Gasteiger partial charge on any atom is 0.155 e. The van der Waals surface area contributed by atoms with Gasteiger partial charge in [0.2, 0.25) is 0 Å². The van der Waals surface area contributed by atoms with Crippen molar-refractivity contribution >= 4 is 5.78 Å². The molecule has 0 unspecified atom stereocenters. The number of hydrogen-bond acceptors (Lipinski definition) is 2. The van der Waals surface area contributed by atoms with Crippen LogP contribution >= 0.6 is 0 Å². The van der Waals surface area contributed by atoms with E-state index in [1.54, 1.807) is 0 Å². The van der Waals surface area contributed by atoms with E-state index in [1.165, 1.54) is 37.7 Å². The number of carbonyl (C=O) groups is 1. The zero-order valence-corrected chi connectivity index (χ0v) is 13.9. The summed E-state index contributed by atoms with van der Waals surface area (Å²) in [7, 11) is 0. The van der Waals surface area contributed by atoms with Crippen LogP contribution in [0.1, 0.15) is 65.2 Å². The van der Waals surface area contributed by atoms with E-state index in [9.17, 15) is 9.90 Å². The van der Waals surface area contributed by atoms with Crippen molar-refractivity contribution in [2.45, 2.75) is 70.8 Å². The van der Waals surface area contributed by atoms with Gasteiger partial charge in [0, 0.05) is 6.42 Å². The van der Waals surface area contributed by atoms with Gasteiger partial charge in [-0.25, -0.2) is 0 Å². The second-order valence-corrected chi connectivity index (χ2v) is 9.59. The maximum atomic E-state index is 11.8. The molecule has 4 saturated carbocycles. The normalized spacial score (nSPS) is 59.0. The molecular weight excluding hydrogens is 272 g/mol. The van der Waals surface area contributed by atoms with Gasteiger partial charge >= 0.3 is 0 Å². The first-order valence-corrected chi connectivity index (χ1v) is 9.33. The van der Waals surface area contributed by atoms with Crippen LogP contribution in [0.2, 0.25) is 0 Å². The molecule has 0 aliphatic heterocycles. The van der Waals surface area contributed by atoms with Crippen molar-refractivity contribution in [2.24, 2.45) is 34.5 Å². The number of fused-ring (bicyclic) bond motifs is 3. The summed E-state index contributed by atoms with van der Waals surface area (Å²) >= 11 is 0. The number of carbonyl (C=O) groups excluding carboxylic acids is 1. The molecule has 4 fully saturated rings. The van der Waals surface area contributed by atoms with Gasteiger partial charge in [-0.3, -0.25) is 4.79 Å². The number of hydrogen-bond donors (Lipinski definition) is 1. The van der Waals surface area contributed by atoms with Crippen LogP contribution in [0.4, 0.5) is 0 Å². The molecule has 22 heavy (non-hydrogen) atoms. The van der Waals surface area contributed by atoms with E-state index < -0.39 is 5.60 Å². The summed E-state index contributed by atoms with van der Waals surface area (Å²) in [6, 6.07) is 0. The second kappa shape index (κ2) is 3.88. The number of ketones is 1. The minimum absolute atomic E-state index is 0.282. The summed E-state index contributed by atoms with van der Waals surface area (Å²) in [6.07, 6.45) is 11.2. The summed E-state index contributed by atoms with van der Waals surface area (Å²) in [6.45, 7) is 4.59. The second-order valence-electron chi connectivity index (χ2n) is 9.59. The van der Waals surface area contributed by atoms with Gasteiger partial charge in [0.1, 0.15) is 0 Å². The number of rotatable bonds is 0. The Morgan fingerprint density at radius 1 is 1.18 bits per heavy atom. The van der Waals surface area contributed by atoms with Crippen LogP contribution in [-0.2, 0) is 4.79 Å². The SMILES string of the molecule is C[C@]12CC[C@H]3[C@H]([C@@]14C[C@H]4CC2)[C@@](C)(O)CC1=CC(=O)CC[C@@H]13. The van der Waals surface area contributed by atoms with Gasteiger partial charge in [-0.1, -0.05) is 12.5 Å². The fourth-order valence-corrected chi connectivity index (χ4v) is 7.83. The lowest BCUT2D eigenvalue weighted by molar-refractivity contribution is -0.149. The van der Waals surface area contributed by atoms with Crippen LogP contribution in [0, 0.1) is 34.5 Å². The molecule has 2 nitrogen and oxygen atoms in total. The molecule has 0 bridgehead atoms. The first kappa shape index (κ1) is 13.8. The smallest absolute Gasteiger partial charge is 0.155 e. The fourth-order valence-electron chi connectivity index (χ4n) is 7.83. The molecule has 1 spiro atoms. The molecule has 120 valence electrons. The zero-order chi connectivity index (χ0) is 15.3. The van der Waals surface area contributed by atoms with Gasteiger partial charge in [-0.05, 0) is 92.4 Å². The lowest BCUT2D eigenvalue weighted by atomic mass is 9.46. The van der Waals surface area contributed by atoms with Gasteiger partial charge < -0.3 is 5.11 Å². The molecule has 0 aromatic heterocycles. The van der Waals surface area contributed by atoms with Crippen LogP contribution in [0.5, 0.6) is 0 Å². The van der Waals surface area contributed by atoms with Gasteiger partial charge in [0.15, 0.2) is 5.78 Å². The molecule has 2 heteroatoms. The Hall–Kier alpha value is -0.630. The highest BCUT2D eigenvalue weighted by Gasteiger charge is 2.77. The highest BCUT2D eigenvalue weighted by Crippen LogP contribution is 2.82. The van der Waals surface area contributed by atoms with Crippen molar-refractivity contribution in [1.29, 1.82) is 0 Å².